The Morgan fingerprint density at radius 2 is 1.28 bits per heavy atom. The van der Waals surface area contributed by atoms with Crippen LogP contribution in [0.4, 0.5) is 0 Å². The fourth-order valence-electron chi connectivity index (χ4n) is 10.8. The van der Waals surface area contributed by atoms with Crippen molar-refractivity contribution in [3.05, 3.63) is 35.4 Å². The number of amides is 3. The number of methoxy groups -OCH3 is 1. The molecule has 5 heterocycles. The van der Waals surface area contributed by atoms with Crippen LogP contribution in [0.15, 0.2) is 24.3 Å². The molecule has 88 heavy (non-hydrogen) atoms. The number of carbonyl (C=O) groups excluding carboxylic acids is 6. The van der Waals surface area contributed by atoms with Gasteiger partial charge in [0.05, 0.1) is 56.9 Å². The van der Waals surface area contributed by atoms with Gasteiger partial charge >= 0.3 is 5.97 Å². The van der Waals surface area contributed by atoms with Crippen molar-refractivity contribution in [3.8, 4) is 0 Å². The second-order valence-electron chi connectivity index (χ2n) is 21.6. The minimum absolute atomic E-state index is 0.0277. The zero-order valence-corrected chi connectivity index (χ0v) is 47.9. The van der Waals surface area contributed by atoms with Crippen molar-refractivity contribution in [2.45, 2.75) is 206 Å². The molecular formula is C53H79N3O32. The molecule has 5 saturated heterocycles. The summed E-state index contributed by atoms with van der Waals surface area (Å²) in [6, 6.07) is 3.51. The standard InChI is InChI=1S/C53H79N3O32/c1-22(62)55-28-14-33(81-49-42(73)40(71)44(51(87-49)80-21-61)85-47-36(56-23(2)63)38(69)37(68)35(19-59)83-47)34(18-58)82-46(28)84-43-39(70)41(72)48(86-50(43)79-20-60)78-12-11-54-45(74)25-9-7-24(8-10-25)5-4-6-26(64)13-27-30(66)16-53(77-3,52(75)76)88-32(27)15-29(65)31(67)17-57/h7-10,20-21,27-44,46-51,57-59,65-73H,4-6,11-19H2,1-3H3,(H,54,74)(H,55,62)(H,56,63)(H,75,76)/t27-,28?,29+,30-,31-,32?,33+,34?,35?,36?,37-,38-,39?,40-,41?,42?,43+,44+,46-,47-,48-,49-,50?,51?,53-/m1/s1. The van der Waals surface area contributed by atoms with Gasteiger partial charge in [-0.15, -0.1) is 0 Å². The van der Waals surface area contributed by atoms with Crippen LogP contribution in [0.1, 0.15) is 68.3 Å². The van der Waals surface area contributed by atoms with E-state index in [4.69, 9.17) is 56.8 Å². The number of aliphatic hydroxyl groups is 12. The largest absolute Gasteiger partial charge is 0.477 e. The molecule has 5 aliphatic heterocycles. The molecule has 0 saturated carbocycles. The van der Waals surface area contributed by atoms with E-state index in [1.165, 1.54) is 12.1 Å². The van der Waals surface area contributed by atoms with E-state index in [-0.39, 0.29) is 56.7 Å². The quantitative estimate of drug-likeness (QED) is 0.0242. The number of ketones is 1. The van der Waals surface area contributed by atoms with Crippen LogP contribution >= 0.6 is 0 Å². The van der Waals surface area contributed by atoms with Crippen molar-refractivity contribution in [2.75, 3.05) is 40.1 Å². The Hall–Kier alpha value is -5.17. The fourth-order valence-corrected chi connectivity index (χ4v) is 10.8. The zero-order chi connectivity index (χ0) is 64.7. The van der Waals surface area contributed by atoms with Crippen molar-refractivity contribution in [1.82, 2.24) is 16.0 Å². The van der Waals surface area contributed by atoms with Crippen LogP contribution in [0.3, 0.4) is 0 Å². The number of carbonyl (C=O) groups is 7. The average molecular weight is 1270 g/mol. The van der Waals surface area contributed by atoms with Gasteiger partial charge in [-0.1, -0.05) is 12.1 Å². The Kier molecular flexibility index (Phi) is 27.2. The number of carboxylic acid groups (broad SMARTS) is 1. The van der Waals surface area contributed by atoms with Gasteiger partial charge in [0.25, 0.3) is 24.6 Å². The van der Waals surface area contributed by atoms with E-state index in [0.29, 0.717) is 12.8 Å². The summed E-state index contributed by atoms with van der Waals surface area (Å²) in [5.74, 6) is -7.07. The molecule has 1 aromatic carbocycles. The van der Waals surface area contributed by atoms with Crippen molar-refractivity contribution in [3.63, 3.8) is 0 Å². The second kappa shape index (κ2) is 33.2. The third-order valence-corrected chi connectivity index (χ3v) is 15.5. The second-order valence-corrected chi connectivity index (χ2v) is 21.6. The normalized spacial score (nSPS) is 37.5. The molecule has 16 N–H and O–H groups in total. The van der Waals surface area contributed by atoms with Crippen molar-refractivity contribution >= 4 is 42.4 Å². The molecule has 35 heteroatoms. The number of nitrogens with one attached hydrogen (secondary N) is 3. The van der Waals surface area contributed by atoms with Gasteiger partial charge in [0.1, 0.15) is 66.8 Å². The van der Waals surface area contributed by atoms with Crippen LogP contribution in [0.2, 0.25) is 0 Å². The number of aliphatic carboxylic acids is 1. The third kappa shape index (κ3) is 18.1. The monoisotopic (exact) mass is 1270 g/mol. The number of hydrogen-bond donors (Lipinski definition) is 16. The maximum absolute atomic E-state index is 13.1. The predicted molar refractivity (Wildman–Crippen MR) is 281 cm³/mol. The number of Topliss-reactive ketones (excluding diaryl/α,β-unsaturated/α-hetero) is 1. The number of aliphatic hydroxyl groups excluding tert-OH is 12. The topological polar surface area (TPSA) is 529 Å². The van der Waals surface area contributed by atoms with E-state index < -0.39 is 209 Å². The van der Waals surface area contributed by atoms with Gasteiger partial charge in [0.2, 0.25) is 24.4 Å². The van der Waals surface area contributed by atoms with E-state index in [1.807, 2.05) is 0 Å². The lowest BCUT2D eigenvalue weighted by molar-refractivity contribution is -0.391. The predicted octanol–water partition coefficient (Wildman–Crippen LogP) is -8.12. The molecule has 5 aliphatic rings. The molecule has 35 nitrogen and oxygen atoms in total. The van der Waals surface area contributed by atoms with Crippen LogP contribution < -0.4 is 16.0 Å². The van der Waals surface area contributed by atoms with E-state index in [1.54, 1.807) is 12.1 Å². The first-order valence-corrected chi connectivity index (χ1v) is 28.1. The lowest BCUT2D eigenvalue weighted by Crippen LogP contribution is -2.68. The SMILES string of the molecule is CO[C@]1(C(=O)O)C[C@@H](O)[C@@H](CC(=O)CCCc2ccc(C(=O)NCCO[C@@H]3OC(OC=O)[C@@H](O[C@H]4OC(CO)[C@@H](O[C@@H]5OC(OC=O)[C@@H](O[C@H]6OC(CO)[C@@H](O)[C@H](O)C6NC(C)=O)[C@H](O)C5O)CC4NC(C)=O)C(O)C3O)cc2)C(C[C@H](O)[C@H](O)CO)O1. The Labute approximate surface area is 501 Å². The lowest BCUT2D eigenvalue weighted by Gasteiger charge is -2.48. The molecule has 3 amide bonds. The number of benzene rings is 1. The average Bonchev–Trinajstić information content (AvgIpc) is 1.52. The van der Waals surface area contributed by atoms with Crippen molar-refractivity contribution in [1.29, 1.82) is 0 Å². The highest BCUT2D eigenvalue weighted by Gasteiger charge is 2.56. The van der Waals surface area contributed by atoms with Gasteiger partial charge in [-0.3, -0.25) is 28.8 Å². The van der Waals surface area contributed by atoms with Gasteiger partial charge in [0.15, 0.2) is 37.4 Å². The molecule has 0 bridgehead atoms. The molecule has 6 rings (SSSR count). The summed E-state index contributed by atoms with van der Waals surface area (Å²) >= 11 is 0. The molecule has 10 unspecified atom stereocenters. The number of carboxylic acids is 1. The number of rotatable bonds is 31. The first-order valence-electron chi connectivity index (χ1n) is 28.1. The van der Waals surface area contributed by atoms with Gasteiger partial charge in [-0.2, -0.15) is 0 Å². The summed E-state index contributed by atoms with van der Waals surface area (Å²) in [5, 5.41) is 144. The van der Waals surface area contributed by atoms with Gasteiger partial charge < -0.3 is 139 Å². The molecule has 0 aliphatic carbocycles. The summed E-state index contributed by atoms with van der Waals surface area (Å²) in [7, 11) is 1.06. The number of aryl methyl sites for hydroxylation is 1. The van der Waals surface area contributed by atoms with Gasteiger partial charge in [0, 0.05) is 71.1 Å². The van der Waals surface area contributed by atoms with Crippen LogP contribution in [-0.2, 0) is 92.0 Å². The summed E-state index contributed by atoms with van der Waals surface area (Å²) < 4.78 is 66.9. The summed E-state index contributed by atoms with van der Waals surface area (Å²) in [6.45, 7) is -1.07. The molecule has 0 radical (unpaired) electrons. The summed E-state index contributed by atoms with van der Waals surface area (Å²) in [4.78, 5) is 86.1. The van der Waals surface area contributed by atoms with Crippen molar-refractivity contribution < 1.29 is 157 Å². The zero-order valence-electron chi connectivity index (χ0n) is 47.9. The highest BCUT2D eigenvalue weighted by atomic mass is 16.8. The Bertz CT molecular complexity index is 2430. The molecule has 1 aromatic rings. The van der Waals surface area contributed by atoms with Crippen LogP contribution in [0.25, 0.3) is 0 Å². The molecule has 498 valence electrons. The molecule has 0 spiro atoms. The van der Waals surface area contributed by atoms with E-state index >= 15 is 0 Å². The van der Waals surface area contributed by atoms with Gasteiger partial charge in [-0.05, 0) is 30.5 Å². The molecule has 0 aromatic heterocycles. The first kappa shape index (κ1) is 71.9. The smallest absolute Gasteiger partial charge is 0.364 e. The minimum Gasteiger partial charge on any atom is -0.477 e. The molecular weight excluding hydrogens is 1190 g/mol. The Morgan fingerprint density at radius 1 is 0.693 bits per heavy atom. The van der Waals surface area contributed by atoms with Crippen LogP contribution in [-0.4, -0.2) is 296 Å². The third-order valence-electron chi connectivity index (χ3n) is 15.5. The highest BCUT2D eigenvalue weighted by Crippen LogP contribution is 2.39. The maximum Gasteiger partial charge on any atom is 0.364 e. The highest BCUT2D eigenvalue weighted by molar-refractivity contribution is 5.94. The van der Waals surface area contributed by atoms with E-state index in [0.717, 1.165) is 26.5 Å². The first-order chi connectivity index (χ1) is 41.8. The summed E-state index contributed by atoms with van der Waals surface area (Å²) in [6.07, 6.45) is -37.2. The number of ether oxygens (including phenoxy) is 12. The molecule has 5 fully saturated rings. The maximum atomic E-state index is 13.1. The van der Waals surface area contributed by atoms with E-state index in [2.05, 4.69) is 16.0 Å². The lowest BCUT2D eigenvalue weighted by atomic mass is 9.80. The van der Waals surface area contributed by atoms with Crippen LogP contribution in [0, 0.1) is 5.92 Å². The van der Waals surface area contributed by atoms with Crippen LogP contribution in [0.5, 0.6) is 0 Å². The van der Waals surface area contributed by atoms with Crippen molar-refractivity contribution in [2.24, 2.45) is 5.92 Å². The molecule has 25 atom stereocenters. The van der Waals surface area contributed by atoms with Gasteiger partial charge in [-0.25, -0.2) is 4.79 Å². The fraction of sp³-hybridized carbons (Fsp3) is 0.755. The number of hydrogen-bond acceptors (Lipinski definition) is 31. The Morgan fingerprint density at radius 3 is 1.85 bits per heavy atom. The minimum atomic E-state index is -2.28. The Balaban J connectivity index is 0.991. The summed E-state index contributed by atoms with van der Waals surface area (Å²) in [5.41, 5.74) is 0.967. The van der Waals surface area contributed by atoms with E-state index in [9.17, 15) is 99.9 Å².